The first-order valence-electron chi connectivity index (χ1n) is 5.92. The van der Waals surface area contributed by atoms with E-state index < -0.39 is 0 Å². The number of benzene rings is 1. The fraction of sp³-hybridized carbons (Fsp3) is 0.571. The topological polar surface area (TPSA) is 9.23 Å². The normalized spacial score (nSPS) is 27.0. The standard InChI is InChI=1S/C14H19BrO/c1-9-4-5-12(8-11(9)3)13(15)14-10(2)6-7-16-14/h4-5,8,10,13-14H,6-7H2,1-3H3. The molecule has 1 heterocycles. The van der Waals surface area contributed by atoms with Crippen molar-refractivity contribution in [2.45, 2.75) is 38.1 Å². The first-order chi connectivity index (χ1) is 7.59. The largest absolute Gasteiger partial charge is 0.376 e. The zero-order valence-corrected chi connectivity index (χ0v) is 11.8. The van der Waals surface area contributed by atoms with E-state index in [4.69, 9.17) is 4.74 Å². The number of ether oxygens (including phenoxy) is 1. The molecule has 0 saturated carbocycles. The molecule has 1 aromatic rings. The molecule has 0 N–H and O–H groups in total. The van der Waals surface area contributed by atoms with Gasteiger partial charge in [-0.2, -0.15) is 0 Å². The minimum absolute atomic E-state index is 0.321. The van der Waals surface area contributed by atoms with Gasteiger partial charge in [-0.05, 0) is 42.9 Å². The summed E-state index contributed by atoms with van der Waals surface area (Å²) in [7, 11) is 0. The molecule has 1 fully saturated rings. The SMILES string of the molecule is Cc1ccc(C(Br)C2OCCC2C)cc1C. The van der Waals surface area contributed by atoms with Crippen molar-refractivity contribution >= 4 is 15.9 Å². The molecule has 88 valence electrons. The van der Waals surface area contributed by atoms with Gasteiger partial charge in [0.25, 0.3) is 0 Å². The van der Waals surface area contributed by atoms with Crippen molar-refractivity contribution in [1.29, 1.82) is 0 Å². The second-order valence-corrected chi connectivity index (χ2v) is 5.83. The highest BCUT2D eigenvalue weighted by molar-refractivity contribution is 9.09. The summed E-state index contributed by atoms with van der Waals surface area (Å²) in [6.07, 6.45) is 1.50. The molecule has 0 bridgehead atoms. The van der Waals surface area contributed by atoms with Crippen LogP contribution in [0.4, 0.5) is 0 Å². The van der Waals surface area contributed by atoms with Gasteiger partial charge >= 0.3 is 0 Å². The van der Waals surface area contributed by atoms with Crippen LogP contribution in [0, 0.1) is 19.8 Å². The molecule has 3 atom stereocenters. The van der Waals surface area contributed by atoms with E-state index in [1.807, 2.05) is 0 Å². The van der Waals surface area contributed by atoms with Crippen molar-refractivity contribution in [2.24, 2.45) is 5.92 Å². The molecule has 2 heteroatoms. The fourth-order valence-corrected chi connectivity index (χ4v) is 3.18. The molecule has 16 heavy (non-hydrogen) atoms. The third kappa shape index (κ3) is 2.33. The second kappa shape index (κ2) is 4.89. The number of hydrogen-bond acceptors (Lipinski definition) is 1. The summed E-state index contributed by atoms with van der Waals surface area (Å²) in [5.41, 5.74) is 4.04. The van der Waals surface area contributed by atoms with Crippen LogP contribution in [0.15, 0.2) is 18.2 Å². The first-order valence-corrected chi connectivity index (χ1v) is 6.84. The van der Waals surface area contributed by atoms with Gasteiger partial charge in [-0.1, -0.05) is 41.1 Å². The van der Waals surface area contributed by atoms with Gasteiger partial charge in [0, 0.05) is 6.61 Å². The Labute approximate surface area is 106 Å². The lowest BCUT2D eigenvalue weighted by molar-refractivity contribution is 0.0935. The Balaban J connectivity index is 2.20. The van der Waals surface area contributed by atoms with Crippen molar-refractivity contribution in [1.82, 2.24) is 0 Å². The fourth-order valence-electron chi connectivity index (χ4n) is 2.22. The molecule has 0 aromatic heterocycles. The molecular weight excluding hydrogens is 264 g/mol. The highest BCUT2D eigenvalue weighted by Gasteiger charge is 2.31. The highest BCUT2D eigenvalue weighted by Crippen LogP contribution is 2.37. The molecule has 1 saturated heterocycles. The maximum absolute atomic E-state index is 5.80. The van der Waals surface area contributed by atoms with Gasteiger partial charge in [0.15, 0.2) is 0 Å². The molecule has 1 aliphatic rings. The molecular formula is C14H19BrO. The maximum Gasteiger partial charge on any atom is 0.0767 e. The summed E-state index contributed by atoms with van der Waals surface area (Å²) in [4.78, 5) is 0.323. The monoisotopic (exact) mass is 282 g/mol. The molecule has 2 rings (SSSR count). The van der Waals surface area contributed by atoms with E-state index >= 15 is 0 Å². The highest BCUT2D eigenvalue weighted by atomic mass is 79.9. The van der Waals surface area contributed by atoms with Crippen LogP contribution in [0.2, 0.25) is 0 Å². The van der Waals surface area contributed by atoms with Crippen LogP contribution in [0.5, 0.6) is 0 Å². The molecule has 1 nitrogen and oxygen atoms in total. The van der Waals surface area contributed by atoms with E-state index in [-0.39, 0.29) is 0 Å². The van der Waals surface area contributed by atoms with E-state index in [0.29, 0.717) is 16.8 Å². The quantitative estimate of drug-likeness (QED) is 0.740. The Morgan fingerprint density at radius 3 is 2.62 bits per heavy atom. The van der Waals surface area contributed by atoms with E-state index in [0.717, 1.165) is 6.61 Å². The van der Waals surface area contributed by atoms with Crippen LogP contribution < -0.4 is 0 Å². The summed E-state index contributed by atoms with van der Waals surface area (Å²) in [6, 6.07) is 6.66. The number of alkyl halides is 1. The third-order valence-electron chi connectivity index (χ3n) is 3.58. The van der Waals surface area contributed by atoms with Gasteiger partial charge in [0.05, 0.1) is 10.9 Å². The minimum atomic E-state index is 0.321. The predicted molar refractivity (Wildman–Crippen MR) is 71.1 cm³/mol. The molecule has 0 amide bonds. The summed E-state index contributed by atoms with van der Waals surface area (Å²) in [5.74, 6) is 0.644. The van der Waals surface area contributed by atoms with Crippen LogP contribution in [0.25, 0.3) is 0 Å². The van der Waals surface area contributed by atoms with Crippen LogP contribution in [0.1, 0.15) is 34.9 Å². The summed E-state index contributed by atoms with van der Waals surface area (Å²) < 4.78 is 5.80. The molecule has 0 spiro atoms. The van der Waals surface area contributed by atoms with Crippen LogP contribution in [-0.2, 0) is 4.74 Å². The molecule has 1 aliphatic heterocycles. The van der Waals surface area contributed by atoms with Gasteiger partial charge in [-0.3, -0.25) is 0 Å². The number of aryl methyl sites for hydroxylation is 2. The van der Waals surface area contributed by atoms with E-state index in [2.05, 4.69) is 54.9 Å². The van der Waals surface area contributed by atoms with Crippen molar-refractivity contribution in [2.75, 3.05) is 6.61 Å². The van der Waals surface area contributed by atoms with E-state index in [9.17, 15) is 0 Å². The Morgan fingerprint density at radius 1 is 1.31 bits per heavy atom. The molecule has 3 unspecified atom stereocenters. The smallest absolute Gasteiger partial charge is 0.0767 e. The third-order valence-corrected chi connectivity index (χ3v) is 4.63. The molecule has 0 radical (unpaired) electrons. The van der Waals surface area contributed by atoms with Gasteiger partial charge < -0.3 is 4.74 Å². The van der Waals surface area contributed by atoms with Gasteiger partial charge in [0.2, 0.25) is 0 Å². The van der Waals surface area contributed by atoms with Crippen LogP contribution in [0.3, 0.4) is 0 Å². The average molecular weight is 283 g/mol. The number of rotatable bonds is 2. The summed E-state index contributed by atoms with van der Waals surface area (Å²) in [5, 5.41) is 0. The Morgan fingerprint density at radius 2 is 2.06 bits per heavy atom. The average Bonchev–Trinajstić information content (AvgIpc) is 2.67. The zero-order chi connectivity index (χ0) is 11.7. The Bertz CT molecular complexity index is 375. The predicted octanol–water partition coefficient (Wildman–Crippen LogP) is 4.16. The lowest BCUT2D eigenvalue weighted by Gasteiger charge is -2.22. The molecule has 1 aromatic carbocycles. The van der Waals surface area contributed by atoms with Crippen LogP contribution >= 0.6 is 15.9 Å². The van der Waals surface area contributed by atoms with E-state index in [1.165, 1.54) is 23.1 Å². The Kier molecular flexibility index (Phi) is 3.70. The zero-order valence-electron chi connectivity index (χ0n) is 10.2. The van der Waals surface area contributed by atoms with Gasteiger partial charge in [0.1, 0.15) is 0 Å². The van der Waals surface area contributed by atoms with Crippen LogP contribution in [-0.4, -0.2) is 12.7 Å². The summed E-state index contributed by atoms with van der Waals surface area (Å²) in [6.45, 7) is 7.49. The van der Waals surface area contributed by atoms with Crippen molar-refractivity contribution in [3.63, 3.8) is 0 Å². The van der Waals surface area contributed by atoms with Crippen molar-refractivity contribution in [3.05, 3.63) is 34.9 Å². The second-order valence-electron chi connectivity index (χ2n) is 4.85. The lowest BCUT2D eigenvalue weighted by Crippen LogP contribution is -2.19. The number of halogens is 1. The summed E-state index contributed by atoms with van der Waals surface area (Å²) >= 11 is 3.79. The maximum atomic E-state index is 5.80. The molecule has 0 aliphatic carbocycles. The van der Waals surface area contributed by atoms with Gasteiger partial charge in [-0.15, -0.1) is 0 Å². The Hall–Kier alpha value is -0.340. The first kappa shape index (κ1) is 12.1. The number of hydrogen-bond donors (Lipinski definition) is 0. The van der Waals surface area contributed by atoms with Crippen molar-refractivity contribution < 1.29 is 4.74 Å². The van der Waals surface area contributed by atoms with Gasteiger partial charge in [-0.25, -0.2) is 0 Å². The van der Waals surface area contributed by atoms with E-state index in [1.54, 1.807) is 0 Å². The minimum Gasteiger partial charge on any atom is -0.376 e. The lowest BCUT2D eigenvalue weighted by atomic mass is 9.95. The van der Waals surface area contributed by atoms with Crippen molar-refractivity contribution in [3.8, 4) is 0 Å².